The Morgan fingerprint density at radius 2 is 1.47 bits per heavy atom. The molecule has 1 heterocycles. The maximum atomic E-state index is 10.7. The van der Waals surface area contributed by atoms with E-state index >= 15 is 0 Å². The van der Waals surface area contributed by atoms with E-state index in [0.29, 0.717) is 0 Å². The summed E-state index contributed by atoms with van der Waals surface area (Å²) in [5.41, 5.74) is 0.256. The molecular weight excluding hydrogens is 232 g/mol. The maximum absolute atomic E-state index is 10.7. The Hall–Kier alpha value is -2.58. The number of amides is 2. The van der Waals surface area contributed by atoms with E-state index in [9.17, 15) is 9.59 Å². The molecule has 0 N–H and O–H groups in total. The third-order valence-corrected chi connectivity index (χ3v) is 1.47. The predicted octanol–water partition coefficient (Wildman–Crippen LogP) is 0.440. The van der Waals surface area contributed by atoms with Crippen LogP contribution in [0, 0.1) is 0 Å². The lowest BCUT2D eigenvalue weighted by Gasteiger charge is -1.88. The van der Waals surface area contributed by atoms with Gasteiger partial charge < -0.3 is 9.47 Å². The molecule has 1 aromatic rings. The van der Waals surface area contributed by atoms with Gasteiger partial charge in [-0.25, -0.2) is 14.2 Å². The summed E-state index contributed by atoms with van der Waals surface area (Å²) in [6.07, 6.45) is 0.537. The van der Waals surface area contributed by atoms with Crippen LogP contribution in [0.3, 0.4) is 0 Å². The molecule has 0 aliphatic carbocycles. The highest BCUT2D eigenvalue weighted by molar-refractivity contribution is 5.96. The van der Waals surface area contributed by atoms with Crippen LogP contribution < -0.4 is 0 Å². The van der Waals surface area contributed by atoms with Crippen LogP contribution in [0.4, 0.5) is 9.59 Å². The van der Waals surface area contributed by atoms with Gasteiger partial charge in [-0.3, -0.25) is 0 Å². The third kappa shape index (κ3) is 3.81. The molecule has 0 unspecified atom stereocenters. The number of aliphatic imine (C=N–C) groups is 2. The molecule has 0 bridgehead atoms. The van der Waals surface area contributed by atoms with Crippen molar-refractivity contribution in [1.29, 1.82) is 0 Å². The largest absolute Gasteiger partial charge is 0.451 e. The third-order valence-electron chi connectivity index (χ3n) is 1.47. The molecule has 2 amide bonds. The van der Waals surface area contributed by atoms with Gasteiger partial charge in [-0.15, -0.1) is 0 Å². The Bertz CT molecular complexity index is 424. The van der Waals surface area contributed by atoms with Crippen LogP contribution in [0.5, 0.6) is 0 Å². The standard InChI is InChI=1S/C8H8N4O5/c1-15-7(13)9-3-5-6(12-17-11-5)4-10-8(14)16-2/h3-4H,1-2H3. The molecule has 0 saturated heterocycles. The molecule has 90 valence electrons. The maximum Gasteiger partial charge on any atom is 0.433 e. The van der Waals surface area contributed by atoms with Gasteiger partial charge in [0.25, 0.3) is 0 Å². The molecule has 0 spiro atoms. The van der Waals surface area contributed by atoms with Crippen molar-refractivity contribution < 1.29 is 23.7 Å². The minimum atomic E-state index is -0.802. The van der Waals surface area contributed by atoms with Crippen LogP contribution in [0.25, 0.3) is 0 Å². The summed E-state index contributed by atoms with van der Waals surface area (Å²) in [5, 5.41) is 6.88. The molecule has 1 rings (SSSR count). The zero-order valence-electron chi connectivity index (χ0n) is 8.98. The van der Waals surface area contributed by atoms with E-state index in [1.54, 1.807) is 0 Å². The minimum Gasteiger partial charge on any atom is -0.451 e. The second-order valence-electron chi connectivity index (χ2n) is 2.49. The smallest absolute Gasteiger partial charge is 0.433 e. The lowest BCUT2D eigenvalue weighted by molar-refractivity contribution is 0.182. The van der Waals surface area contributed by atoms with Gasteiger partial charge in [-0.05, 0) is 10.3 Å². The molecule has 0 aromatic carbocycles. The first-order valence-electron chi connectivity index (χ1n) is 4.24. The van der Waals surface area contributed by atoms with Crippen LogP contribution in [-0.4, -0.2) is 49.1 Å². The first-order chi connectivity index (χ1) is 8.17. The molecule has 17 heavy (non-hydrogen) atoms. The highest BCUT2D eigenvalue weighted by Gasteiger charge is 2.06. The lowest BCUT2D eigenvalue weighted by Crippen LogP contribution is -1.98. The fraction of sp³-hybridized carbons (Fsp3) is 0.250. The monoisotopic (exact) mass is 240 g/mol. The second kappa shape index (κ2) is 6.10. The van der Waals surface area contributed by atoms with Crippen molar-refractivity contribution in [2.45, 2.75) is 0 Å². The minimum absolute atomic E-state index is 0.128. The van der Waals surface area contributed by atoms with Crippen molar-refractivity contribution in [3.8, 4) is 0 Å². The van der Waals surface area contributed by atoms with Gasteiger partial charge in [0.2, 0.25) is 0 Å². The molecular formula is C8H8N4O5. The molecule has 0 aliphatic rings. The van der Waals surface area contributed by atoms with Gasteiger partial charge in [0, 0.05) is 0 Å². The van der Waals surface area contributed by atoms with E-state index < -0.39 is 12.2 Å². The molecule has 0 radical (unpaired) electrons. The quantitative estimate of drug-likeness (QED) is 0.688. The average molecular weight is 240 g/mol. The number of ether oxygens (including phenoxy) is 2. The van der Waals surface area contributed by atoms with Crippen molar-refractivity contribution in [3.05, 3.63) is 11.4 Å². The molecule has 0 atom stereocenters. The number of rotatable bonds is 2. The van der Waals surface area contributed by atoms with Crippen LogP contribution >= 0.6 is 0 Å². The van der Waals surface area contributed by atoms with E-state index in [1.165, 1.54) is 14.2 Å². The van der Waals surface area contributed by atoms with Crippen LogP contribution in [0.2, 0.25) is 0 Å². The number of carbonyl (C=O) groups is 2. The molecule has 0 saturated carbocycles. The Balaban J connectivity index is 2.79. The normalized spacial score (nSPS) is 10.9. The first kappa shape index (κ1) is 12.5. The zero-order chi connectivity index (χ0) is 12.7. The number of hydrogen-bond donors (Lipinski definition) is 0. The fourth-order valence-corrected chi connectivity index (χ4v) is 0.714. The first-order valence-corrected chi connectivity index (χ1v) is 4.24. The van der Waals surface area contributed by atoms with Gasteiger partial charge in [-0.2, -0.15) is 9.98 Å². The molecule has 0 fully saturated rings. The van der Waals surface area contributed by atoms with E-state index in [-0.39, 0.29) is 11.4 Å². The number of aromatic nitrogens is 2. The Morgan fingerprint density at radius 1 is 1.06 bits per heavy atom. The van der Waals surface area contributed by atoms with Crippen LogP contribution in [-0.2, 0) is 9.47 Å². The van der Waals surface area contributed by atoms with Gasteiger partial charge in [0.05, 0.1) is 26.6 Å². The summed E-state index contributed by atoms with van der Waals surface area (Å²) in [6, 6.07) is 0. The zero-order valence-corrected chi connectivity index (χ0v) is 8.98. The fourth-order valence-electron chi connectivity index (χ4n) is 0.714. The van der Waals surface area contributed by atoms with Gasteiger partial charge in [-0.1, -0.05) is 0 Å². The van der Waals surface area contributed by atoms with Crippen LogP contribution in [0.1, 0.15) is 11.4 Å². The summed E-state index contributed by atoms with van der Waals surface area (Å²) in [4.78, 5) is 28.2. The van der Waals surface area contributed by atoms with Crippen molar-refractivity contribution in [3.63, 3.8) is 0 Å². The summed E-state index contributed by atoms with van der Waals surface area (Å²) in [5.74, 6) is 0. The molecule has 0 aliphatic heterocycles. The van der Waals surface area contributed by atoms with Gasteiger partial charge in [0.1, 0.15) is 0 Å². The van der Waals surface area contributed by atoms with Gasteiger partial charge >= 0.3 is 12.2 Å². The van der Waals surface area contributed by atoms with Crippen molar-refractivity contribution in [1.82, 2.24) is 10.3 Å². The molecule has 1 aromatic heterocycles. The highest BCUT2D eigenvalue weighted by atomic mass is 16.6. The van der Waals surface area contributed by atoms with Crippen molar-refractivity contribution >= 4 is 24.6 Å². The lowest BCUT2D eigenvalue weighted by atomic mass is 10.3. The van der Waals surface area contributed by atoms with E-state index in [1.807, 2.05) is 0 Å². The average Bonchev–Trinajstić information content (AvgIpc) is 2.80. The Morgan fingerprint density at radius 3 is 1.82 bits per heavy atom. The van der Waals surface area contributed by atoms with Gasteiger partial charge in [0.15, 0.2) is 11.4 Å². The van der Waals surface area contributed by atoms with E-state index in [2.05, 4.69) is 34.4 Å². The summed E-state index contributed by atoms with van der Waals surface area (Å²) < 4.78 is 13.0. The van der Waals surface area contributed by atoms with E-state index in [4.69, 9.17) is 0 Å². The number of methoxy groups -OCH3 is 2. The Labute approximate surface area is 95.1 Å². The van der Waals surface area contributed by atoms with Crippen molar-refractivity contribution in [2.75, 3.05) is 14.2 Å². The summed E-state index contributed by atoms with van der Waals surface area (Å²) in [6.45, 7) is 0. The number of carbonyl (C=O) groups excluding carboxylic acids is 2. The SMILES string of the molecule is COC(=O)N=Cc1nonc1C=NC(=O)OC. The number of nitrogens with zero attached hydrogens (tertiary/aromatic N) is 4. The molecule has 9 heteroatoms. The summed E-state index contributed by atoms with van der Waals surface area (Å²) >= 11 is 0. The number of hydrogen-bond acceptors (Lipinski definition) is 7. The summed E-state index contributed by atoms with van der Waals surface area (Å²) in [7, 11) is 2.36. The van der Waals surface area contributed by atoms with E-state index in [0.717, 1.165) is 12.4 Å². The second-order valence-corrected chi connectivity index (χ2v) is 2.49. The van der Waals surface area contributed by atoms with Crippen molar-refractivity contribution in [2.24, 2.45) is 9.98 Å². The Kier molecular flexibility index (Phi) is 4.48. The molecule has 9 nitrogen and oxygen atoms in total. The topological polar surface area (TPSA) is 116 Å². The highest BCUT2D eigenvalue weighted by Crippen LogP contribution is 1.97. The predicted molar refractivity (Wildman–Crippen MR) is 54.3 cm³/mol. The van der Waals surface area contributed by atoms with Crippen LogP contribution in [0.15, 0.2) is 14.6 Å².